The summed E-state index contributed by atoms with van der Waals surface area (Å²) in [6.45, 7) is 0. The molecule has 3 aromatic heterocycles. The lowest BCUT2D eigenvalue weighted by Gasteiger charge is -2.04. The lowest BCUT2D eigenvalue weighted by Crippen LogP contribution is -2.14. The highest BCUT2D eigenvalue weighted by molar-refractivity contribution is 14.1. The number of pyridine rings is 1. The van der Waals surface area contributed by atoms with Crippen LogP contribution in [0.1, 0.15) is 0 Å². The highest BCUT2D eigenvalue weighted by Crippen LogP contribution is 2.13. The molecule has 0 aliphatic carbocycles. The van der Waals surface area contributed by atoms with E-state index < -0.39 is 0 Å². The van der Waals surface area contributed by atoms with Gasteiger partial charge in [0.15, 0.2) is 5.65 Å². The average molecular weight is 327 g/mol. The topological polar surface area (TPSA) is 68.0 Å². The fourth-order valence-corrected chi connectivity index (χ4v) is 2.12. The summed E-state index contributed by atoms with van der Waals surface area (Å²) in [5, 5.41) is 6.36. The Labute approximate surface area is 103 Å². The Hall–Kier alpha value is -1.64. The summed E-state index contributed by atoms with van der Waals surface area (Å²) in [6, 6.07) is 3.73. The van der Waals surface area contributed by atoms with Gasteiger partial charge in [0, 0.05) is 16.0 Å². The summed E-state index contributed by atoms with van der Waals surface area (Å²) in [6.07, 6.45) is 5.09. The molecule has 3 heterocycles. The van der Waals surface area contributed by atoms with Crippen molar-refractivity contribution >= 4 is 28.2 Å². The molecule has 3 aromatic rings. The molecular weight excluding hydrogens is 321 g/mol. The lowest BCUT2D eigenvalue weighted by molar-refractivity contribution is 0.921. The number of hydrogen-bond acceptors (Lipinski definition) is 3. The van der Waals surface area contributed by atoms with E-state index in [1.807, 2.05) is 12.1 Å². The van der Waals surface area contributed by atoms with Gasteiger partial charge >= 0.3 is 5.69 Å². The van der Waals surface area contributed by atoms with Crippen molar-refractivity contribution in [3.05, 3.63) is 44.9 Å². The Morgan fingerprint density at radius 2 is 2.25 bits per heavy atom. The van der Waals surface area contributed by atoms with Crippen molar-refractivity contribution in [1.82, 2.24) is 24.1 Å². The van der Waals surface area contributed by atoms with Crippen LogP contribution in [0, 0.1) is 3.57 Å². The van der Waals surface area contributed by atoms with Crippen LogP contribution in [0.15, 0.2) is 35.6 Å². The maximum atomic E-state index is 11.6. The summed E-state index contributed by atoms with van der Waals surface area (Å²) >= 11 is 2.18. The summed E-state index contributed by atoms with van der Waals surface area (Å²) in [4.78, 5) is 15.6. The molecule has 0 aromatic carbocycles. The molecule has 0 unspecified atom stereocenters. The summed E-state index contributed by atoms with van der Waals surface area (Å²) in [5.41, 5.74) is 0.343. The van der Waals surface area contributed by atoms with Crippen LogP contribution in [-0.4, -0.2) is 24.1 Å². The zero-order valence-electron chi connectivity index (χ0n) is 7.96. The zero-order valence-corrected chi connectivity index (χ0v) is 10.1. The van der Waals surface area contributed by atoms with E-state index in [2.05, 4.69) is 37.8 Å². The van der Waals surface area contributed by atoms with E-state index in [1.165, 1.54) is 4.40 Å². The van der Waals surface area contributed by atoms with Crippen LogP contribution < -0.4 is 5.69 Å². The van der Waals surface area contributed by atoms with E-state index in [0.717, 1.165) is 9.39 Å². The van der Waals surface area contributed by atoms with Gasteiger partial charge < -0.3 is 0 Å². The van der Waals surface area contributed by atoms with Crippen molar-refractivity contribution in [2.75, 3.05) is 0 Å². The number of rotatable bonds is 1. The lowest BCUT2D eigenvalue weighted by atomic mass is 10.4. The van der Waals surface area contributed by atoms with Gasteiger partial charge in [0.2, 0.25) is 0 Å². The first kappa shape index (κ1) is 9.58. The van der Waals surface area contributed by atoms with Gasteiger partial charge in [-0.3, -0.25) is 4.57 Å². The molecule has 0 aliphatic heterocycles. The Morgan fingerprint density at radius 3 is 3.00 bits per heavy atom. The Bertz CT molecular complexity index is 696. The zero-order chi connectivity index (χ0) is 11.1. The molecule has 0 saturated carbocycles. The van der Waals surface area contributed by atoms with Crippen LogP contribution in [0.5, 0.6) is 0 Å². The second-order valence-corrected chi connectivity index (χ2v) is 4.47. The monoisotopic (exact) mass is 327 g/mol. The first-order valence-electron chi connectivity index (χ1n) is 4.51. The van der Waals surface area contributed by atoms with Crippen LogP contribution in [0.2, 0.25) is 0 Å². The first-order valence-corrected chi connectivity index (χ1v) is 5.58. The predicted molar refractivity (Wildman–Crippen MR) is 65.7 cm³/mol. The number of aromatic nitrogens is 5. The minimum Gasteiger partial charge on any atom is -0.291 e. The maximum Gasteiger partial charge on any atom is 0.349 e. The highest BCUT2D eigenvalue weighted by atomic mass is 127. The van der Waals surface area contributed by atoms with Crippen LogP contribution >= 0.6 is 22.6 Å². The fourth-order valence-electron chi connectivity index (χ4n) is 1.56. The van der Waals surface area contributed by atoms with E-state index in [-0.39, 0.29) is 5.69 Å². The molecule has 0 bridgehead atoms. The van der Waals surface area contributed by atoms with E-state index in [1.54, 1.807) is 23.3 Å². The number of fused-ring (bicyclic) bond motifs is 1. The summed E-state index contributed by atoms with van der Waals surface area (Å²) < 4.78 is 4.28. The molecule has 0 radical (unpaired) electrons. The fraction of sp³-hybridized carbons (Fsp3) is 0. The molecule has 0 fully saturated rings. The molecule has 0 saturated heterocycles. The van der Waals surface area contributed by atoms with Gasteiger partial charge in [-0.25, -0.2) is 19.3 Å². The molecule has 0 spiro atoms. The predicted octanol–water partition coefficient (Wildman–Crippen LogP) is 0.813. The number of halogens is 1. The van der Waals surface area contributed by atoms with Gasteiger partial charge in [-0.2, -0.15) is 5.10 Å². The number of nitrogens with zero attached hydrogens (tertiary/aromatic N) is 4. The largest absolute Gasteiger partial charge is 0.349 e. The minimum absolute atomic E-state index is 0.255. The third kappa shape index (κ3) is 1.35. The van der Waals surface area contributed by atoms with E-state index in [4.69, 9.17) is 0 Å². The number of aromatic amines is 1. The minimum atomic E-state index is -0.255. The smallest absolute Gasteiger partial charge is 0.291 e. The summed E-state index contributed by atoms with van der Waals surface area (Å²) in [5.74, 6) is 0.721. The number of hydrogen-bond donors (Lipinski definition) is 1. The van der Waals surface area contributed by atoms with Gasteiger partial charge in [0.25, 0.3) is 0 Å². The van der Waals surface area contributed by atoms with Crippen molar-refractivity contribution in [2.24, 2.45) is 0 Å². The first-order chi connectivity index (χ1) is 7.75. The Morgan fingerprint density at radius 1 is 1.38 bits per heavy atom. The van der Waals surface area contributed by atoms with Gasteiger partial charge in [-0.1, -0.05) is 0 Å². The molecule has 6 nitrogen and oxygen atoms in total. The number of H-pyrrole nitrogens is 1. The van der Waals surface area contributed by atoms with Crippen LogP contribution in [0.25, 0.3) is 11.5 Å². The second-order valence-electron chi connectivity index (χ2n) is 3.22. The average Bonchev–Trinajstić information content (AvgIpc) is 2.87. The summed E-state index contributed by atoms with van der Waals surface area (Å²) in [7, 11) is 0. The van der Waals surface area contributed by atoms with Crippen molar-refractivity contribution in [3.8, 4) is 5.82 Å². The van der Waals surface area contributed by atoms with E-state index >= 15 is 0 Å². The van der Waals surface area contributed by atoms with E-state index in [0.29, 0.717) is 5.65 Å². The number of imidazole rings is 1. The molecule has 3 rings (SSSR count). The molecule has 0 amide bonds. The van der Waals surface area contributed by atoms with Gasteiger partial charge in [-0.15, -0.1) is 0 Å². The van der Waals surface area contributed by atoms with Crippen LogP contribution in [0.4, 0.5) is 0 Å². The van der Waals surface area contributed by atoms with Crippen LogP contribution in [0.3, 0.4) is 0 Å². The van der Waals surface area contributed by atoms with E-state index in [9.17, 15) is 4.79 Å². The molecule has 0 aliphatic rings. The molecule has 0 atom stereocenters. The van der Waals surface area contributed by atoms with Crippen molar-refractivity contribution in [2.45, 2.75) is 0 Å². The van der Waals surface area contributed by atoms with Crippen LogP contribution in [-0.2, 0) is 0 Å². The third-order valence-electron chi connectivity index (χ3n) is 2.23. The van der Waals surface area contributed by atoms with Crippen molar-refractivity contribution < 1.29 is 0 Å². The molecular formula is C9H6IN5O. The molecule has 80 valence electrons. The quantitative estimate of drug-likeness (QED) is 0.673. The highest BCUT2D eigenvalue weighted by Gasteiger charge is 2.08. The maximum absolute atomic E-state index is 11.6. The number of nitrogens with one attached hydrogen (secondary N) is 1. The standard InChI is InChI=1S/C9H6IN5O/c10-6-3-7-12-13-9(16)15(7)8(4-6)14-2-1-11-5-14/h1-5H,(H,13,16). The Kier molecular flexibility index (Phi) is 2.06. The van der Waals surface area contributed by atoms with Gasteiger partial charge in [0.1, 0.15) is 12.1 Å². The van der Waals surface area contributed by atoms with Crippen molar-refractivity contribution in [1.29, 1.82) is 0 Å². The molecule has 7 heteroatoms. The molecule has 16 heavy (non-hydrogen) atoms. The Balaban J connectivity index is 2.47. The van der Waals surface area contributed by atoms with Crippen molar-refractivity contribution in [3.63, 3.8) is 0 Å². The third-order valence-corrected chi connectivity index (χ3v) is 2.85. The normalized spacial score (nSPS) is 11.1. The molecule has 1 N–H and O–H groups in total. The second kappa shape index (κ2) is 3.44. The SMILES string of the molecule is O=c1[nH]nc2cc(I)cc(-n3ccnc3)n12. The van der Waals surface area contributed by atoms with Gasteiger partial charge in [-0.05, 0) is 34.7 Å². The van der Waals surface area contributed by atoms with Gasteiger partial charge in [0.05, 0.1) is 0 Å².